The van der Waals surface area contributed by atoms with Gasteiger partial charge < -0.3 is 10.1 Å². The van der Waals surface area contributed by atoms with E-state index in [9.17, 15) is 8.78 Å². The smallest absolute Gasteiger partial charge is 0.165 e. The highest BCUT2D eigenvalue weighted by atomic mass is 19.1. The molecule has 1 aromatic rings. The Balaban J connectivity index is 2.06. The molecule has 2 rings (SSSR count). The highest BCUT2D eigenvalue weighted by molar-refractivity contribution is 5.25. The first-order valence-electron chi connectivity index (χ1n) is 6.05. The molecule has 0 spiro atoms. The first kappa shape index (κ1) is 12.3. The minimum atomic E-state index is -0.506. The van der Waals surface area contributed by atoms with Crippen molar-refractivity contribution in [3.8, 4) is 5.75 Å². The van der Waals surface area contributed by atoms with Crippen molar-refractivity contribution in [3.63, 3.8) is 0 Å². The monoisotopic (exact) mass is 241 g/mol. The zero-order valence-corrected chi connectivity index (χ0v) is 9.88. The minimum absolute atomic E-state index is 0.0137. The van der Waals surface area contributed by atoms with Crippen LogP contribution in [0.4, 0.5) is 8.78 Å². The van der Waals surface area contributed by atoms with Crippen LogP contribution in [0.25, 0.3) is 0 Å². The molecule has 0 heterocycles. The molecule has 1 aromatic carbocycles. The predicted octanol–water partition coefficient (Wildman–Crippen LogP) is 2.87. The van der Waals surface area contributed by atoms with Gasteiger partial charge in [-0.15, -0.1) is 0 Å². The topological polar surface area (TPSA) is 21.3 Å². The lowest BCUT2D eigenvalue weighted by molar-refractivity contribution is 0.168. The molecule has 0 radical (unpaired) electrons. The Kier molecular flexibility index (Phi) is 3.94. The molecule has 0 amide bonds. The second kappa shape index (κ2) is 5.45. The van der Waals surface area contributed by atoms with Crippen molar-refractivity contribution >= 4 is 0 Å². The summed E-state index contributed by atoms with van der Waals surface area (Å²) >= 11 is 0. The maximum atomic E-state index is 13.4. The van der Waals surface area contributed by atoms with Gasteiger partial charge in [0.15, 0.2) is 11.6 Å². The zero-order valence-electron chi connectivity index (χ0n) is 9.88. The lowest BCUT2D eigenvalue weighted by Crippen LogP contribution is -2.38. The molecule has 0 saturated heterocycles. The van der Waals surface area contributed by atoms with Gasteiger partial charge in [-0.3, -0.25) is 0 Å². The summed E-state index contributed by atoms with van der Waals surface area (Å²) in [5.74, 6) is -0.965. The van der Waals surface area contributed by atoms with E-state index in [1.807, 2.05) is 6.92 Å². The molecule has 2 nitrogen and oxygen atoms in total. The Bertz CT molecular complexity index is 384. The third-order valence-electron chi connectivity index (χ3n) is 3.09. The molecule has 1 fully saturated rings. The third kappa shape index (κ3) is 2.94. The number of likely N-dealkylation sites (N-methyl/N-ethyl adjacent to an activating group) is 1. The van der Waals surface area contributed by atoms with Crippen molar-refractivity contribution in [2.24, 2.45) is 0 Å². The summed E-state index contributed by atoms with van der Waals surface area (Å²) in [6.45, 7) is 2.88. The molecule has 0 aromatic heterocycles. The average Bonchev–Trinajstić information content (AvgIpc) is 2.72. The van der Waals surface area contributed by atoms with Gasteiger partial charge in [-0.1, -0.05) is 6.92 Å². The lowest BCUT2D eigenvalue weighted by atomic mass is 10.2. The number of hydrogen-bond donors (Lipinski definition) is 1. The third-order valence-corrected chi connectivity index (χ3v) is 3.09. The van der Waals surface area contributed by atoms with Crippen LogP contribution in [-0.2, 0) is 0 Å². The number of hydrogen-bond acceptors (Lipinski definition) is 2. The number of nitrogens with one attached hydrogen (secondary N) is 1. The molecule has 2 unspecified atom stereocenters. The van der Waals surface area contributed by atoms with Gasteiger partial charge in [-0.25, -0.2) is 8.78 Å². The normalized spacial score (nSPS) is 23.9. The minimum Gasteiger partial charge on any atom is -0.486 e. The predicted molar refractivity (Wildman–Crippen MR) is 62.1 cm³/mol. The molecule has 2 atom stereocenters. The Hall–Kier alpha value is -1.16. The summed E-state index contributed by atoms with van der Waals surface area (Å²) in [5, 5.41) is 3.31. The van der Waals surface area contributed by atoms with Crippen LogP contribution in [0.2, 0.25) is 0 Å². The molecule has 1 N–H and O–H groups in total. The van der Waals surface area contributed by atoms with Gasteiger partial charge in [0, 0.05) is 12.1 Å². The van der Waals surface area contributed by atoms with Gasteiger partial charge in [-0.05, 0) is 37.9 Å². The van der Waals surface area contributed by atoms with Crippen LogP contribution in [0.1, 0.15) is 26.2 Å². The van der Waals surface area contributed by atoms with E-state index in [0.29, 0.717) is 0 Å². The van der Waals surface area contributed by atoms with Gasteiger partial charge >= 0.3 is 0 Å². The van der Waals surface area contributed by atoms with Crippen LogP contribution < -0.4 is 10.1 Å². The zero-order chi connectivity index (χ0) is 12.3. The standard InChI is InChI=1S/C13H17F2NO/c1-2-16-11-4-3-5-12(11)17-13-8-9(14)6-7-10(13)15/h6-8,11-12,16H,2-5H2,1H3. The molecule has 94 valence electrons. The van der Waals surface area contributed by atoms with Gasteiger partial charge in [0.25, 0.3) is 0 Å². The van der Waals surface area contributed by atoms with Crippen molar-refractivity contribution in [3.05, 3.63) is 29.8 Å². The Labute approximate surface area is 100.0 Å². The fraction of sp³-hybridized carbons (Fsp3) is 0.538. The number of rotatable bonds is 4. The number of ether oxygens (including phenoxy) is 1. The van der Waals surface area contributed by atoms with E-state index >= 15 is 0 Å². The van der Waals surface area contributed by atoms with E-state index in [-0.39, 0.29) is 17.9 Å². The van der Waals surface area contributed by atoms with Gasteiger partial charge in [0.1, 0.15) is 11.9 Å². The highest BCUT2D eigenvalue weighted by Gasteiger charge is 2.28. The summed E-state index contributed by atoms with van der Waals surface area (Å²) in [6.07, 6.45) is 2.90. The summed E-state index contributed by atoms with van der Waals surface area (Å²) in [6, 6.07) is 3.54. The fourth-order valence-electron chi connectivity index (χ4n) is 2.29. The molecule has 4 heteroatoms. The Morgan fingerprint density at radius 1 is 1.35 bits per heavy atom. The maximum absolute atomic E-state index is 13.4. The van der Waals surface area contributed by atoms with Crippen LogP contribution in [0.5, 0.6) is 5.75 Å². The van der Waals surface area contributed by atoms with Crippen LogP contribution in [0, 0.1) is 11.6 Å². The number of benzene rings is 1. The van der Waals surface area contributed by atoms with Crippen LogP contribution in [0.15, 0.2) is 18.2 Å². The van der Waals surface area contributed by atoms with E-state index in [0.717, 1.165) is 44.0 Å². The summed E-state index contributed by atoms with van der Waals surface area (Å²) in [7, 11) is 0. The van der Waals surface area contributed by atoms with Crippen molar-refractivity contribution in [1.82, 2.24) is 5.32 Å². The molecule has 0 bridgehead atoms. The molecule has 1 saturated carbocycles. The van der Waals surface area contributed by atoms with E-state index in [2.05, 4.69) is 5.32 Å². The van der Waals surface area contributed by atoms with Gasteiger partial charge in [0.05, 0.1) is 0 Å². The fourth-order valence-corrected chi connectivity index (χ4v) is 2.29. The molecule has 17 heavy (non-hydrogen) atoms. The molecule has 0 aliphatic heterocycles. The molecule has 1 aliphatic rings. The summed E-state index contributed by atoms with van der Waals surface area (Å²) in [4.78, 5) is 0. The first-order chi connectivity index (χ1) is 8.20. The second-order valence-corrected chi connectivity index (χ2v) is 4.33. The van der Waals surface area contributed by atoms with E-state index in [1.165, 1.54) is 0 Å². The SMILES string of the molecule is CCNC1CCCC1Oc1cc(F)ccc1F. The van der Waals surface area contributed by atoms with Crippen LogP contribution >= 0.6 is 0 Å². The Morgan fingerprint density at radius 2 is 2.18 bits per heavy atom. The average molecular weight is 241 g/mol. The van der Waals surface area contributed by atoms with Crippen LogP contribution in [-0.4, -0.2) is 18.7 Å². The first-order valence-corrected chi connectivity index (χ1v) is 6.05. The highest BCUT2D eigenvalue weighted by Crippen LogP contribution is 2.27. The van der Waals surface area contributed by atoms with Crippen molar-refractivity contribution < 1.29 is 13.5 Å². The largest absolute Gasteiger partial charge is 0.486 e. The quantitative estimate of drug-likeness (QED) is 0.875. The summed E-state index contributed by atoms with van der Waals surface area (Å²) in [5.41, 5.74) is 0. The van der Waals surface area contributed by atoms with Crippen molar-refractivity contribution in [2.75, 3.05) is 6.54 Å². The molecular weight excluding hydrogens is 224 g/mol. The van der Waals surface area contributed by atoms with E-state index < -0.39 is 11.6 Å². The lowest BCUT2D eigenvalue weighted by Gasteiger charge is -2.22. The molecular formula is C13H17F2NO. The molecule has 1 aliphatic carbocycles. The maximum Gasteiger partial charge on any atom is 0.165 e. The van der Waals surface area contributed by atoms with Crippen molar-refractivity contribution in [1.29, 1.82) is 0 Å². The van der Waals surface area contributed by atoms with Crippen molar-refractivity contribution in [2.45, 2.75) is 38.3 Å². The van der Waals surface area contributed by atoms with Gasteiger partial charge in [0.2, 0.25) is 0 Å². The van der Waals surface area contributed by atoms with Crippen LogP contribution in [0.3, 0.4) is 0 Å². The van der Waals surface area contributed by atoms with Gasteiger partial charge in [-0.2, -0.15) is 0 Å². The number of halogens is 2. The Morgan fingerprint density at radius 3 is 2.94 bits per heavy atom. The van der Waals surface area contributed by atoms with E-state index in [4.69, 9.17) is 4.74 Å². The second-order valence-electron chi connectivity index (χ2n) is 4.33. The summed E-state index contributed by atoms with van der Waals surface area (Å²) < 4.78 is 32.0. The van der Waals surface area contributed by atoms with E-state index in [1.54, 1.807) is 0 Å².